The second kappa shape index (κ2) is 6.01. The van der Waals surface area contributed by atoms with Crippen molar-refractivity contribution >= 4 is 15.7 Å². The number of benzene rings is 1. The van der Waals surface area contributed by atoms with Crippen LogP contribution in [0, 0.1) is 11.8 Å². The lowest BCUT2D eigenvalue weighted by Gasteiger charge is -2.07. The van der Waals surface area contributed by atoms with Crippen LogP contribution in [0.2, 0.25) is 0 Å². The Bertz CT molecular complexity index is 731. The number of rotatable bonds is 4. The number of allylic oxidation sites excluding steroid dienone is 2. The molecule has 1 aromatic rings. The second-order valence-corrected chi connectivity index (χ2v) is 6.35. The van der Waals surface area contributed by atoms with Crippen LogP contribution in [0.3, 0.4) is 0 Å². The molecule has 1 unspecified atom stereocenters. The molecule has 0 saturated carbocycles. The molecule has 0 bridgehead atoms. The van der Waals surface area contributed by atoms with Crippen LogP contribution in [0.15, 0.2) is 58.7 Å². The Morgan fingerprint density at radius 3 is 2.52 bits per heavy atom. The minimum absolute atomic E-state index is 0.128. The summed E-state index contributed by atoms with van der Waals surface area (Å²) >= 11 is 0. The second-order valence-electron chi connectivity index (χ2n) is 4.69. The van der Waals surface area contributed by atoms with Crippen LogP contribution < -0.4 is 4.83 Å². The van der Waals surface area contributed by atoms with Gasteiger partial charge in [0.25, 0.3) is 16.1 Å². The maximum absolute atomic E-state index is 12.1. The van der Waals surface area contributed by atoms with Gasteiger partial charge in [0.1, 0.15) is 5.71 Å². The number of nitrogens with one attached hydrogen (secondary N) is 1. The minimum atomic E-state index is -3.73. The van der Waals surface area contributed by atoms with E-state index in [4.69, 9.17) is 0 Å². The molecule has 6 nitrogen and oxygen atoms in total. The number of hydrogen-bond acceptors (Lipinski definition) is 4. The molecule has 1 aliphatic rings. The van der Waals surface area contributed by atoms with E-state index in [9.17, 15) is 13.3 Å². The maximum atomic E-state index is 12.1. The molecule has 1 heterocycles. The normalized spacial score (nSPS) is 18.9. The summed E-state index contributed by atoms with van der Waals surface area (Å²) in [7, 11) is -3.73. The number of hydrazone groups is 1. The fourth-order valence-electron chi connectivity index (χ4n) is 1.77. The molecule has 0 amide bonds. The van der Waals surface area contributed by atoms with E-state index in [1.807, 2.05) is 6.92 Å². The van der Waals surface area contributed by atoms with Crippen LogP contribution in [0.5, 0.6) is 0 Å². The van der Waals surface area contributed by atoms with E-state index >= 15 is 0 Å². The lowest BCUT2D eigenvalue weighted by atomic mass is 10.1. The van der Waals surface area contributed by atoms with Crippen molar-refractivity contribution in [3.8, 4) is 0 Å². The van der Waals surface area contributed by atoms with E-state index < -0.39 is 16.1 Å². The molecule has 1 aliphatic heterocycles. The quantitative estimate of drug-likeness (QED) is 0.524. The topological polar surface area (TPSA) is 78.6 Å². The molecule has 1 atom stereocenters. The number of hydrogen-bond donors (Lipinski definition) is 1. The molecule has 0 fully saturated rings. The van der Waals surface area contributed by atoms with Gasteiger partial charge in [-0.05, 0) is 32.1 Å². The summed E-state index contributed by atoms with van der Waals surface area (Å²) in [5, 5.41) is 3.82. The van der Waals surface area contributed by atoms with Gasteiger partial charge in [-0.1, -0.05) is 23.8 Å². The lowest BCUT2D eigenvalue weighted by Crippen LogP contribution is -2.30. The SMILES string of the molecule is C/C(=N\NS(=O)(=O)c1ccc(C)cc1)C1C=CC=C[N+]1=O. The van der Waals surface area contributed by atoms with Gasteiger partial charge >= 0.3 is 0 Å². The maximum Gasteiger partial charge on any atom is 0.276 e. The van der Waals surface area contributed by atoms with Gasteiger partial charge in [0, 0.05) is 15.7 Å². The summed E-state index contributed by atoms with van der Waals surface area (Å²) in [5.41, 5.74) is 1.33. The van der Waals surface area contributed by atoms with Gasteiger partial charge in [0.05, 0.1) is 4.90 Å². The fourth-order valence-corrected chi connectivity index (χ4v) is 2.64. The van der Waals surface area contributed by atoms with Gasteiger partial charge in [0.2, 0.25) is 6.20 Å². The van der Waals surface area contributed by atoms with E-state index in [-0.39, 0.29) is 4.90 Å². The molecule has 1 aromatic carbocycles. The number of sulfonamides is 1. The van der Waals surface area contributed by atoms with Crippen molar-refractivity contribution in [2.45, 2.75) is 24.8 Å². The smallest absolute Gasteiger partial charge is 0.200 e. The average molecular weight is 306 g/mol. The Kier molecular flexibility index (Phi) is 4.32. The highest BCUT2D eigenvalue weighted by Gasteiger charge is 2.26. The van der Waals surface area contributed by atoms with Crippen LogP contribution in [0.25, 0.3) is 0 Å². The highest BCUT2D eigenvalue weighted by Crippen LogP contribution is 2.10. The monoisotopic (exact) mass is 306 g/mol. The summed E-state index contributed by atoms with van der Waals surface area (Å²) in [6.07, 6.45) is 6.32. The molecule has 0 aromatic heterocycles. The number of nitroso groups, excluding NO2 is 1. The average Bonchev–Trinajstić information content (AvgIpc) is 2.46. The molecule has 0 aliphatic carbocycles. The summed E-state index contributed by atoms with van der Waals surface area (Å²) in [5.74, 6) is 0. The van der Waals surface area contributed by atoms with E-state index in [0.717, 1.165) is 5.56 Å². The molecule has 21 heavy (non-hydrogen) atoms. The summed E-state index contributed by atoms with van der Waals surface area (Å²) in [6.45, 7) is 3.47. The Morgan fingerprint density at radius 2 is 1.90 bits per heavy atom. The van der Waals surface area contributed by atoms with Crippen LogP contribution in [-0.2, 0) is 10.0 Å². The summed E-state index contributed by atoms with van der Waals surface area (Å²) in [4.78, 5) is 13.9. The first-order valence-electron chi connectivity index (χ1n) is 6.33. The van der Waals surface area contributed by atoms with Crippen molar-refractivity contribution in [1.29, 1.82) is 0 Å². The van der Waals surface area contributed by atoms with Crippen molar-refractivity contribution in [3.05, 3.63) is 59.2 Å². The summed E-state index contributed by atoms with van der Waals surface area (Å²) < 4.78 is 24.8. The Balaban J connectivity index is 2.15. The molecule has 2 rings (SSSR count). The Hall–Kier alpha value is -2.28. The number of nitrogens with zero attached hydrogens (tertiary/aromatic N) is 2. The van der Waals surface area contributed by atoms with Crippen molar-refractivity contribution in [1.82, 2.24) is 4.83 Å². The molecule has 0 radical (unpaired) electrons. The molecule has 1 N–H and O–H groups in total. The largest absolute Gasteiger partial charge is 0.276 e. The zero-order valence-electron chi connectivity index (χ0n) is 11.7. The van der Waals surface area contributed by atoms with Crippen molar-refractivity contribution < 1.29 is 13.2 Å². The van der Waals surface area contributed by atoms with Gasteiger partial charge in [-0.25, -0.2) is 0 Å². The zero-order valence-corrected chi connectivity index (χ0v) is 12.5. The summed E-state index contributed by atoms with van der Waals surface area (Å²) in [6, 6.07) is 5.83. The molecular formula is C14H16N3O3S+. The third-order valence-electron chi connectivity index (χ3n) is 3.01. The number of aryl methyl sites for hydroxylation is 1. The first-order valence-corrected chi connectivity index (χ1v) is 7.81. The van der Waals surface area contributed by atoms with E-state index in [1.165, 1.54) is 18.3 Å². The third-order valence-corrected chi connectivity index (χ3v) is 4.24. The highest BCUT2D eigenvalue weighted by atomic mass is 32.2. The van der Waals surface area contributed by atoms with E-state index in [0.29, 0.717) is 10.5 Å². The van der Waals surface area contributed by atoms with Crippen LogP contribution in [0.4, 0.5) is 0 Å². The zero-order chi connectivity index (χ0) is 15.5. The van der Waals surface area contributed by atoms with Crippen molar-refractivity contribution in [2.75, 3.05) is 0 Å². The van der Waals surface area contributed by atoms with Crippen LogP contribution >= 0.6 is 0 Å². The van der Waals surface area contributed by atoms with Gasteiger partial charge < -0.3 is 0 Å². The van der Waals surface area contributed by atoms with Gasteiger partial charge in [0.15, 0.2) is 0 Å². The predicted octanol–water partition coefficient (Wildman–Crippen LogP) is 1.88. The Labute approximate surface area is 123 Å². The van der Waals surface area contributed by atoms with Crippen LogP contribution in [0.1, 0.15) is 12.5 Å². The Morgan fingerprint density at radius 1 is 1.24 bits per heavy atom. The van der Waals surface area contributed by atoms with Gasteiger partial charge in [-0.3, -0.25) is 0 Å². The minimum Gasteiger partial charge on any atom is -0.200 e. The van der Waals surface area contributed by atoms with E-state index in [1.54, 1.807) is 37.3 Å². The lowest BCUT2D eigenvalue weighted by molar-refractivity contribution is -0.491. The van der Waals surface area contributed by atoms with Gasteiger partial charge in [-0.15, -0.1) is 0 Å². The standard InChI is InChI=1S/C14H16N3O3S/c1-11-6-8-13(9-7-11)21(19,20)16-15-12(2)14-5-3-4-10-17(14)18/h3-10,14,16H,1-2H3/q+1/b15-12+. The molecular weight excluding hydrogens is 290 g/mol. The fraction of sp³-hybridized carbons (Fsp3) is 0.214. The van der Waals surface area contributed by atoms with Crippen molar-refractivity contribution in [3.63, 3.8) is 0 Å². The first-order chi connectivity index (χ1) is 9.90. The molecule has 7 heteroatoms. The van der Waals surface area contributed by atoms with Gasteiger partial charge in [-0.2, -0.15) is 18.4 Å². The predicted molar refractivity (Wildman–Crippen MR) is 80.3 cm³/mol. The molecule has 0 saturated heterocycles. The third kappa shape index (κ3) is 3.63. The molecule has 110 valence electrons. The van der Waals surface area contributed by atoms with E-state index in [2.05, 4.69) is 9.93 Å². The highest BCUT2D eigenvalue weighted by molar-refractivity contribution is 7.89. The first kappa shape index (κ1) is 15.1. The van der Waals surface area contributed by atoms with Crippen LogP contribution in [-0.4, -0.2) is 24.9 Å². The molecule has 0 spiro atoms. The van der Waals surface area contributed by atoms with Crippen molar-refractivity contribution in [2.24, 2.45) is 5.10 Å².